The smallest absolute Gasteiger partial charge is 0.225 e. The Labute approximate surface area is 204 Å². The van der Waals surface area contributed by atoms with Crippen molar-refractivity contribution in [3.63, 3.8) is 0 Å². The number of guanidine groups is 1. The first-order valence-corrected chi connectivity index (χ1v) is 10.5. The Hall–Kier alpha value is -2.76. The Morgan fingerprint density at radius 1 is 1.09 bits per heavy atom. The molecular formula is C22H28FIN8. The van der Waals surface area contributed by atoms with Crippen molar-refractivity contribution in [3.8, 4) is 5.69 Å². The summed E-state index contributed by atoms with van der Waals surface area (Å²) in [7, 11) is 0. The maximum absolute atomic E-state index is 14.7. The van der Waals surface area contributed by atoms with Crippen LogP contribution < -0.4 is 10.2 Å². The van der Waals surface area contributed by atoms with E-state index in [0.717, 1.165) is 56.0 Å². The second-order valence-corrected chi connectivity index (χ2v) is 7.32. The highest BCUT2D eigenvalue weighted by Gasteiger charge is 2.21. The van der Waals surface area contributed by atoms with Crippen molar-refractivity contribution in [3.05, 3.63) is 66.3 Å². The summed E-state index contributed by atoms with van der Waals surface area (Å²) in [4.78, 5) is 22.0. The summed E-state index contributed by atoms with van der Waals surface area (Å²) >= 11 is 0. The molecular weight excluding hydrogens is 522 g/mol. The fourth-order valence-corrected chi connectivity index (χ4v) is 3.64. The molecule has 1 saturated heterocycles. The Morgan fingerprint density at radius 3 is 2.47 bits per heavy atom. The molecule has 0 saturated carbocycles. The predicted molar refractivity (Wildman–Crippen MR) is 134 cm³/mol. The van der Waals surface area contributed by atoms with Crippen molar-refractivity contribution in [2.45, 2.75) is 20.4 Å². The van der Waals surface area contributed by atoms with E-state index in [-0.39, 0.29) is 29.8 Å². The van der Waals surface area contributed by atoms with E-state index in [0.29, 0.717) is 12.2 Å². The topological polar surface area (TPSA) is 74.5 Å². The van der Waals surface area contributed by atoms with E-state index >= 15 is 0 Å². The van der Waals surface area contributed by atoms with Gasteiger partial charge in [-0.1, -0.05) is 6.07 Å². The summed E-state index contributed by atoms with van der Waals surface area (Å²) in [5.41, 5.74) is 1.32. The summed E-state index contributed by atoms with van der Waals surface area (Å²) in [5.74, 6) is 2.06. The second-order valence-electron chi connectivity index (χ2n) is 7.32. The van der Waals surface area contributed by atoms with Crippen molar-refractivity contribution in [1.29, 1.82) is 0 Å². The highest BCUT2D eigenvalue weighted by atomic mass is 127. The minimum Gasteiger partial charge on any atom is -0.357 e. The van der Waals surface area contributed by atoms with Crippen LogP contribution in [-0.2, 0) is 6.54 Å². The molecule has 0 bridgehead atoms. The van der Waals surface area contributed by atoms with E-state index in [1.165, 1.54) is 0 Å². The van der Waals surface area contributed by atoms with Crippen LogP contribution in [0.25, 0.3) is 5.69 Å². The SMILES string of the molecule is CCNC(=NCc1ccc(-n2ccnc2C)c(F)c1)N1CCN(c2ncccn2)CC1.I. The molecule has 1 aromatic carbocycles. The molecule has 1 aliphatic heterocycles. The van der Waals surface area contributed by atoms with Gasteiger partial charge in [0, 0.05) is 57.5 Å². The van der Waals surface area contributed by atoms with Gasteiger partial charge in [-0.15, -0.1) is 24.0 Å². The third-order valence-corrected chi connectivity index (χ3v) is 5.26. The Bertz CT molecular complexity index is 1030. The normalized spacial score (nSPS) is 14.3. The number of benzene rings is 1. The molecule has 0 spiro atoms. The number of anilines is 1. The van der Waals surface area contributed by atoms with Gasteiger partial charge in [-0.2, -0.15) is 0 Å². The first kappa shape index (κ1) is 23.9. The number of piperazine rings is 1. The largest absolute Gasteiger partial charge is 0.357 e. The lowest BCUT2D eigenvalue weighted by Crippen LogP contribution is -2.52. The lowest BCUT2D eigenvalue weighted by atomic mass is 10.2. The van der Waals surface area contributed by atoms with Gasteiger partial charge in [0.05, 0.1) is 12.2 Å². The van der Waals surface area contributed by atoms with Crippen LogP contribution in [0.3, 0.4) is 0 Å². The van der Waals surface area contributed by atoms with Crippen molar-refractivity contribution >= 4 is 35.9 Å². The third-order valence-electron chi connectivity index (χ3n) is 5.26. The molecule has 4 rings (SSSR count). The number of aryl methyl sites for hydroxylation is 1. The number of aromatic nitrogens is 4. The molecule has 1 N–H and O–H groups in total. The molecule has 32 heavy (non-hydrogen) atoms. The first-order valence-electron chi connectivity index (χ1n) is 10.5. The number of nitrogens with zero attached hydrogens (tertiary/aromatic N) is 7. The Kier molecular flexibility index (Phi) is 8.37. The average Bonchev–Trinajstić information content (AvgIpc) is 3.23. The van der Waals surface area contributed by atoms with Gasteiger partial charge < -0.3 is 19.7 Å². The van der Waals surface area contributed by atoms with E-state index in [2.05, 4.69) is 30.1 Å². The molecule has 0 amide bonds. The van der Waals surface area contributed by atoms with Crippen LogP contribution >= 0.6 is 24.0 Å². The maximum Gasteiger partial charge on any atom is 0.225 e. The fraction of sp³-hybridized carbons (Fsp3) is 0.364. The fourth-order valence-electron chi connectivity index (χ4n) is 3.64. The van der Waals surface area contributed by atoms with E-state index < -0.39 is 0 Å². The second kappa shape index (κ2) is 11.2. The Morgan fingerprint density at radius 2 is 1.84 bits per heavy atom. The number of aliphatic imine (C=N–C) groups is 1. The molecule has 1 aliphatic rings. The highest BCUT2D eigenvalue weighted by molar-refractivity contribution is 14.0. The molecule has 0 radical (unpaired) electrons. The maximum atomic E-state index is 14.7. The Balaban J connectivity index is 0.00000289. The molecule has 170 valence electrons. The molecule has 2 aromatic heterocycles. The van der Waals surface area contributed by atoms with E-state index in [4.69, 9.17) is 4.99 Å². The first-order chi connectivity index (χ1) is 15.2. The number of hydrogen-bond acceptors (Lipinski definition) is 5. The molecule has 3 aromatic rings. The minimum absolute atomic E-state index is 0. The number of imidazole rings is 1. The van der Waals surface area contributed by atoms with Crippen LogP contribution in [0, 0.1) is 12.7 Å². The molecule has 0 atom stereocenters. The number of nitrogens with one attached hydrogen (secondary N) is 1. The number of rotatable bonds is 5. The van der Waals surface area contributed by atoms with Crippen molar-refractivity contribution < 1.29 is 4.39 Å². The van der Waals surface area contributed by atoms with Gasteiger partial charge in [-0.05, 0) is 37.6 Å². The van der Waals surface area contributed by atoms with Crippen LogP contribution in [0.5, 0.6) is 0 Å². The number of hydrogen-bond donors (Lipinski definition) is 1. The minimum atomic E-state index is -0.282. The molecule has 0 unspecified atom stereocenters. The van der Waals surface area contributed by atoms with Gasteiger partial charge in [0.25, 0.3) is 0 Å². The molecule has 1 fully saturated rings. The summed E-state index contributed by atoms with van der Waals surface area (Å²) in [6.07, 6.45) is 6.95. The molecule has 3 heterocycles. The van der Waals surface area contributed by atoms with E-state index in [1.54, 1.807) is 41.5 Å². The third kappa shape index (κ3) is 5.53. The van der Waals surface area contributed by atoms with Gasteiger partial charge in [0.1, 0.15) is 11.6 Å². The van der Waals surface area contributed by atoms with Crippen LogP contribution in [0.1, 0.15) is 18.3 Å². The van der Waals surface area contributed by atoms with Gasteiger partial charge in [-0.3, -0.25) is 0 Å². The van der Waals surface area contributed by atoms with E-state index in [9.17, 15) is 4.39 Å². The highest BCUT2D eigenvalue weighted by Crippen LogP contribution is 2.17. The molecule has 8 nitrogen and oxygen atoms in total. The summed E-state index contributed by atoms with van der Waals surface area (Å²) in [6.45, 7) is 8.35. The van der Waals surface area contributed by atoms with Crippen LogP contribution in [0.15, 0.2) is 54.0 Å². The average molecular weight is 550 g/mol. The summed E-state index contributed by atoms with van der Waals surface area (Å²) in [5, 5.41) is 3.35. The standard InChI is InChI=1S/C22H27FN8.HI/c1-3-24-21(29-11-13-30(14-12-29)22-26-7-4-8-27-22)28-16-18-5-6-20(19(23)15-18)31-10-9-25-17(31)2;/h4-10,15H,3,11-14,16H2,1-2H3,(H,24,28);1H. The zero-order valence-electron chi connectivity index (χ0n) is 18.3. The quantitative estimate of drug-likeness (QED) is 0.299. The predicted octanol–water partition coefficient (Wildman–Crippen LogP) is 3.02. The lowest BCUT2D eigenvalue weighted by molar-refractivity contribution is 0.370. The number of halogens is 2. The van der Waals surface area contributed by atoms with Crippen molar-refractivity contribution in [1.82, 2.24) is 29.7 Å². The van der Waals surface area contributed by atoms with E-state index in [1.807, 2.05) is 26.0 Å². The zero-order chi connectivity index (χ0) is 21.6. The molecule has 10 heteroatoms. The van der Waals surface area contributed by atoms with Crippen LogP contribution in [-0.4, -0.2) is 63.1 Å². The van der Waals surface area contributed by atoms with Crippen molar-refractivity contribution in [2.75, 3.05) is 37.6 Å². The zero-order valence-corrected chi connectivity index (χ0v) is 20.6. The molecule has 0 aliphatic carbocycles. The van der Waals surface area contributed by atoms with Gasteiger partial charge in [0.2, 0.25) is 5.95 Å². The van der Waals surface area contributed by atoms with Gasteiger partial charge in [0.15, 0.2) is 5.96 Å². The van der Waals surface area contributed by atoms with Gasteiger partial charge in [-0.25, -0.2) is 24.3 Å². The lowest BCUT2D eigenvalue weighted by Gasteiger charge is -2.36. The van der Waals surface area contributed by atoms with Crippen LogP contribution in [0.2, 0.25) is 0 Å². The monoisotopic (exact) mass is 550 g/mol. The summed E-state index contributed by atoms with van der Waals surface area (Å²) in [6, 6.07) is 7.06. The summed E-state index contributed by atoms with van der Waals surface area (Å²) < 4.78 is 16.4. The van der Waals surface area contributed by atoms with Crippen molar-refractivity contribution in [2.24, 2.45) is 4.99 Å². The van der Waals surface area contributed by atoms with Crippen LogP contribution in [0.4, 0.5) is 10.3 Å². The van der Waals surface area contributed by atoms with Gasteiger partial charge >= 0.3 is 0 Å².